The second kappa shape index (κ2) is 6.75. The third kappa shape index (κ3) is 3.20. The predicted octanol–water partition coefficient (Wildman–Crippen LogP) is 1.76. The maximum Gasteiger partial charge on any atom is 0.0945 e. The van der Waals surface area contributed by atoms with E-state index in [9.17, 15) is 0 Å². The molecule has 1 aliphatic rings. The van der Waals surface area contributed by atoms with Crippen LogP contribution >= 0.6 is 0 Å². The fourth-order valence-electron chi connectivity index (χ4n) is 3.45. The molecule has 0 radical (unpaired) electrons. The molecule has 6 heteroatoms. The van der Waals surface area contributed by atoms with Gasteiger partial charge in [0.1, 0.15) is 0 Å². The first kappa shape index (κ1) is 15.4. The predicted molar refractivity (Wildman–Crippen MR) is 91.7 cm³/mol. The van der Waals surface area contributed by atoms with E-state index in [1.807, 2.05) is 32.0 Å². The molecule has 0 aromatic carbocycles. The van der Waals surface area contributed by atoms with Gasteiger partial charge >= 0.3 is 0 Å². The van der Waals surface area contributed by atoms with E-state index in [1.54, 1.807) is 0 Å². The van der Waals surface area contributed by atoms with Crippen molar-refractivity contribution in [1.29, 1.82) is 0 Å². The smallest absolute Gasteiger partial charge is 0.0945 e. The van der Waals surface area contributed by atoms with E-state index in [-0.39, 0.29) is 0 Å². The molecule has 0 aliphatic carbocycles. The number of rotatable bonds is 4. The lowest BCUT2D eigenvalue weighted by Gasteiger charge is -2.23. The van der Waals surface area contributed by atoms with Crippen molar-refractivity contribution in [3.63, 3.8) is 0 Å². The van der Waals surface area contributed by atoms with Gasteiger partial charge in [0.15, 0.2) is 0 Å². The summed E-state index contributed by atoms with van der Waals surface area (Å²) >= 11 is 0. The lowest BCUT2D eigenvalue weighted by Crippen LogP contribution is -2.31. The number of nitrogens with zero attached hydrogens (tertiary/aromatic N) is 5. The Balaban J connectivity index is 1.48. The number of imidazole rings is 1. The highest BCUT2D eigenvalue weighted by atomic mass is 16.5. The van der Waals surface area contributed by atoms with Gasteiger partial charge in [-0.15, -0.1) is 0 Å². The molecule has 1 aliphatic heterocycles. The van der Waals surface area contributed by atoms with Crippen LogP contribution in [0.2, 0.25) is 0 Å². The van der Waals surface area contributed by atoms with Gasteiger partial charge in [-0.3, -0.25) is 9.88 Å². The molecule has 1 saturated heterocycles. The van der Waals surface area contributed by atoms with Gasteiger partial charge in [0.25, 0.3) is 0 Å². The zero-order valence-corrected chi connectivity index (χ0v) is 14.0. The van der Waals surface area contributed by atoms with Crippen LogP contribution in [0.1, 0.15) is 11.4 Å². The number of ether oxygens (including phenoxy) is 1. The van der Waals surface area contributed by atoms with Crippen LogP contribution in [0.4, 0.5) is 0 Å². The molecular formula is C18H23N5O. The van der Waals surface area contributed by atoms with E-state index in [2.05, 4.69) is 42.2 Å². The second-order valence-electron chi connectivity index (χ2n) is 6.55. The molecule has 0 amide bonds. The van der Waals surface area contributed by atoms with Crippen molar-refractivity contribution in [2.45, 2.75) is 13.0 Å². The Labute approximate surface area is 141 Å². The van der Waals surface area contributed by atoms with E-state index >= 15 is 0 Å². The second-order valence-corrected chi connectivity index (χ2v) is 6.55. The van der Waals surface area contributed by atoms with E-state index in [0.717, 1.165) is 45.0 Å². The third-order valence-electron chi connectivity index (χ3n) is 4.74. The van der Waals surface area contributed by atoms with Crippen molar-refractivity contribution >= 4 is 5.52 Å². The maximum atomic E-state index is 5.85. The first-order valence-corrected chi connectivity index (χ1v) is 8.45. The maximum absolute atomic E-state index is 5.85. The topological polar surface area (TPSA) is 47.6 Å². The lowest BCUT2D eigenvalue weighted by atomic mass is 10.0. The minimum absolute atomic E-state index is 0.453. The summed E-state index contributed by atoms with van der Waals surface area (Å²) in [5.41, 5.74) is 3.58. The van der Waals surface area contributed by atoms with Crippen LogP contribution in [0.5, 0.6) is 0 Å². The van der Waals surface area contributed by atoms with Gasteiger partial charge in [0.2, 0.25) is 0 Å². The fraction of sp³-hybridized carbons (Fsp3) is 0.444. The summed E-state index contributed by atoms with van der Waals surface area (Å²) in [6, 6.07) is 4.20. The third-order valence-corrected chi connectivity index (χ3v) is 4.74. The van der Waals surface area contributed by atoms with Gasteiger partial charge in [0, 0.05) is 57.4 Å². The molecule has 0 N–H and O–H groups in total. The summed E-state index contributed by atoms with van der Waals surface area (Å²) in [6.45, 7) is 4.49. The van der Waals surface area contributed by atoms with Crippen LogP contribution in [-0.2, 0) is 24.8 Å². The van der Waals surface area contributed by atoms with Crippen molar-refractivity contribution in [3.05, 3.63) is 54.6 Å². The van der Waals surface area contributed by atoms with Crippen molar-refractivity contribution in [2.24, 2.45) is 13.0 Å². The Morgan fingerprint density at radius 3 is 3.17 bits per heavy atom. The minimum Gasteiger partial charge on any atom is -0.380 e. The van der Waals surface area contributed by atoms with Crippen LogP contribution in [0.15, 0.2) is 43.2 Å². The zero-order chi connectivity index (χ0) is 16.4. The molecule has 1 atom stereocenters. The first-order chi connectivity index (χ1) is 11.8. The molecule has 0 unspecified atom stereocenters. The summed E-state index contributed by atoms with van der Waals surface area (Å²) in [5.74, 6) is 0.453. The standard InChI is InChI=1S/C18H23N5O/c1-21-14-19-10-16(21)12-22-7-8-24-13-15(11-22)9-17-18-3-2-5-23(18)6-4-20-17/h2-6,10,14-15H,7-9,11-13H2,1H3/t15-/m1/s1. The highest BCUT2D eigenvalue weighted by Crippen LogP contribution is 2.18. The van der Waals surface area contributed by atoms with E-state index in [4.69, 9.17) is 4.74 Å². The normalized spacial score (nSPS) is 19.6. The molecule has 0 bridgehead atoms. The van der Waals surface area contributed by atoms with Gasteiger partial charge in [-0.1, -0.05) is 0 Å². The molecule has 6 nitrogen and oxygen atoms in total. The summed E-state index contributed by atoms with van der Waals surface area (Å²) < 4.78 is 10.1. The largest absolute Gasteiger partial charge is 0.380 e. The highest BCUT2D eigenvalue weighted by molar-refractivity contribution is 5.52. The molecule has 0 saturated carbocycles. The Morgan fingerprint density at radius 1 is 1.33 bits per heavy atom. The summed E-state index contributed by atoms with van der Waals surface area (Å²) in [7, 11) is 2.05. The highest BCUT2D eigenvalue weighted by Gasteiger charge is 2.21. The SMILES string of the molecule is Cn1cncc1CN1CCOC[C@H](Cc2nccn3cccc23)C1. The molecule has 0 spiro atoms. The number of hydrogen-bond acceptors (Lipinski definition) is 4. The average molecular weight is 325 g/mol. The molecule has 3 aromatic heterocycles. The number of fused-ring (bicyclic) bond motifs is 1. The average Bonchev–Trinajstić information content (AvgIpc) is 3.15. The quantitative estimate of drug-likeness (QED) is 0.733. The summed E-state index contributed by atoms with van der Waals surface area (Å²) in [4.78, 5) is 11.3. The molecule has 126 valence electrons. The van der Waals surface area contributed by atoms with E-state index in [0.29, 0.717) is 5.92 Å². The first-order valence-electron chi connectivity index (χ1n) is 8.45. The van der Waals surface area contributed by atoms with Gasteiger partial charge < -0.3 is 13.7 Å². The zero-order valence-electron chi connectivity index (χ0n) is 14.0. The Hall–Kier alpha value is -2.18. The van der Waals surface area contributed by atoms with Crippen LogP contribution in [0.25, 0.3) is 5.52 Å². The van der Waals surface area contributed by atoms with Crippen molar-refractivity contribution in [1.82, 2.24) is 23.8 Å². The number of hydrogen-bond donors (Lipinski definition) is 0. The molecule has 4 heterocycles. The van der Waals surface area contributed by atoms with Crippen LogP contribution < -0.4 is 0 Å². The monoisotopic (exact) mass is 325 g/mol. The van der Waals surface area contributed by atoms with Gasteiger partial charge in [-0.05, 0) is 18.6 Å². The minimum atomic E-state index is 0.453. The van der Waals surface area contributed by atoms with Gasteiger partial charge in [-0.2, -0.15) is 0 Å². The number of aromatic nitrogens is 4. The van der Waals surface area contributed by atoms with E-state index < -0.39 is 0 Å². The molecular weight excluding hydrogens is 302 g/mol. The van der Waals surface area contributed by atoms with Crippen molar-refractivity contribution in [2.75, 3.05) is 26.3 Å². The van der Waals surface area contributed by atoms with Crippen LogP contribution in [0, 0.1) is 5.92 Å². The molecule has 1 fully saturated rings. The fourth-order valence-corrected chi connectivity index (χ4v) is 3.45. The number of aryl methyl sites for hydroxylation is 1. The van der Waals surface area contributed by atoms with Crippen LogP contribution in [-0.4, -0.2) is 50.1 Å². The lowest BCUT2D eigenvalue weighted by molar-refractivity contribution is 0.121. The molecule has 24 heavy (non-hydrogen) atoms. The van der Waals surface area contributed by atoms with Crippen LogP contribution in [0.3, 0.4) is 0 Å². The molecule has 4 rings (SSSR count). The van der Waals surface area contributed by atoms with Crippen molar-refractivity contribution in [3.8, 4) is 0 Å². The Bertz CT molecular complexity index is 808. The Morgan fingerprint density at radius 2 is 2.29 bits per heavy atom. The Kier molecular flexibility index (Phi) is 4.32. The van der Waals surface area contributed by atoms with Gasteiger partial charge in [0.05, 0.1) is 36.4 Å². The molecule has 3 aromatic rings. The van der Waals surface area contributed by atoms with Crippen molar-refractivity contribution < 1.29 is 4.74 Å². The van der Waals surface area contributed by atoms with E-state index in [1.165, 1.54) is 11.2 Å². The summed E-state index contributed by atoms with van der Waals surface area (Å²) in [5, 5.41) is 0. The van der Waals surface area contributed by atoms with Gasteiger partial charge in [-0.25, -0.2) is 4.98 Å². The summed E-state index contributed by atoms with van der Waals surface area (Å²) in [6.07, 6.45) is 10.7.